The van der Waals surface area contributed by atoms with Crippen LogP contribution in [0, 0.1) is 6.92 Å². The highest BCUT2D eigenvalue weighted by atomic mass is 32.1. The number of aromatic amines is 1. The summed E-state index contributed by atoms with van der Waals surface area (Å²) in [6.07, 6.45) is 0. The van der Waals surface area contributed by atoms with E-state index in [1.165, 1.54) is 10.4 Å². The summed E-state index contributed by atoms with van der Waals surface area (Å²) in [5.74, 6) is 0.850. The molecular weight excluding hydrogens is 316 g/mol. The van der Waals surface area contributed by atoms with Gasteiger partial charge in [0.05, 0.1) is 15.9 Å². The van der Waals surface area contributed by atoms with E-state index in [0.717, 1.165) is 27.3 Å². The van der Waals surface area contributed by atoms with Crippen LogP contribution in [0.3, 0.4) is 0 Å². The molecule has 0 atom stereocenters. The number of carbonyl (C=O) groups is 1. The molecule has 2 heterocycles. The van der Waals surface area contributed by atoms with E-state index in [-0.39, 0.29) is 5.78 Å². The van der Waals surface area contributed by atoms with Crippen LogP contribution in [0.2, 0.25) is 0 Å². The summed E-state index contributed by atoms with van der Waals surface area (Å²) in [6.45, 7) is 3.58. The summed E-state index contributed by atoms with van der Waals surface area (Å²) in [4.78, 5) is 22.2. The Balaban J connectivity index is 1.82. The van der Waals surface area contributed by atoms with Gasteiger partial charge in [0, 0.05) is 10.4 Å². The largest absolute Gasteiger partial charge is 0.337 e. The van der Waals surface area contributed by atoms with E-state index >= 15 is 0 Å². The Morgan fingerprint density at radius 1 is 1.04 bits per heavy atom. The first-order valence-electron chi connectivity index (χ1n) is 7.79. The normalized spacial score (nSPS) is 11.1. The van der Waals surface area contributed by atoms with Gasteiger partial charge in [-0.25, -0.2) is 4.98 Å². The second kappa shape index (κ2) is 5.73. The van der Waals surface area contributed by atoms with Crippen LogP contribution in [-0.4, -0.2) is 15.8 Å². The molecule has 0 radical (unpaired) electrons. The van der Waals surface area contributed by atoms with Gasteiger partial charge in [-0.2, -0.15) is 0 Å². The van der Waals surface area contributed by atoms with Crippen molar-refractivity contribution in [3.05, 3.63) is 65.7 Å². The molecule has 24 heavy (non-hydrogen) atoms. The zero-order valence-corrected chi connectivity index (χ0v) is 14.3. The molecule has 0 aliphatic rings. The van der Waals surface area contributed by atoms with E-state index in [1.54, 1.807) is 18.3 Å². The Labute approximate surface area is 144 Å². The second-order valence-corrected chi connectivity index (χ2v) is 6.96. The van der Waals surface area contributed by atoms with Gasteiger partial charge in [-0.1, -0.05) is 30.3 Å². The summed E-state index contributed by atoms with van der Waals surface area (Å²) in [5.41, 5.74) is 4.58. The molecule has 1 N–H and O–H groups in total. The fourth-order valence-corrected chi connectivity index (χ4v) is 3.83. The molecule has 0 spiro atoms. The number of nitrogens with one attached hydrogen (secondary N) is 1. The van der Waals surface area contributed by atoms with Crippen molar-refractivity contribution in [3.63, 3.8) is 0 Å². The Hall–Kier alpha value is -2.72. The van der Waals surface area contributed by atoms with Crippen molar-refractivity contribution in [1.82, 2.24) is 9.97 Å². The lowest BCUT2D eigenvalue weighted by Gasteiger charge is -1.99. The lowest BCUT2D eigenvalue weighted by molar-refractivity contribution is 0.101. The van der Waals surface area contributed by atoms with Crippen molar-refractivity contribution in [2.45, 2.75) is 13.8 Å². The molecule has 0 amide bonds. The fourth-order valence-electron chi connectivity index (χ4n) is 2.87. The Morgan fingerprint density at radius 3 is 2.54 bits per heavy atom. The summed E-state index contributed by atoms with van der Waals surface area (Å²) in [6, 6.07) is 18.4. The minimum Gasteiger partial charge on any atom is -0.337 e. The van der Waals surface area contributed by atoms with E-state index in [1.807, 2.05) is 37.3 Å². The minimum atomic E-state index is 0.0397. The SMILES string of the molecule is CC(=O)c1cc(C)cc2[nH]c(-c3ccc(-c4ccccc4)s3)nc12. The van der Waals surface area contributed by atoms with Crippen LogP contribution in [0.4, 0.5) is 0 Å². The van der Waals surface area contributed by atoms with Crippen LogP contribution in [0.25, 0.3) is 32.2 Å². The maximum Gasteiger partial charge on any atom is 0.162 e. The standard InChI is InChI=1S/C20H16N2OS/c1-12-10-15(13(2)23)19-16(11-12)21-20(22-19)18-9-8-17(24-18)14-6-4-3-5-7-14/h3-11H,1-2H3,(H,21,22). The molecule has 4 heteroatoms. The number of benzene rings is 2. The summed E-state index contributed by atoms with van der Waals surface area (Å²) < 4.78 is 0. The van der Waals surface area contributed by atoms with Gasteiger partial charge >= 0.3 is 0 Å². The molecule has 2 aromatic carbocycles. The molecule has 0 saturated heterocycles. The number of ketones is 1. The summed E-state index contributed by atoms with van der Waals surface area (Å²) in [7, 11) is 0. The number of carbonyl (C=O) groups excluding carboxylic acids is 1. The first-order chi connectivity index (χ1) is 11.6. The van der Waals surface area contributed by atoms with Gasteiger partial charge in [-0.15, -0.1) is 11.3 Å². The maximum absolute atomic E-state index is 11.9. The van der Waals surface area contributed by atoms with Crippen molar-refractivity contribution in [1.29, 1.82) is 0 Å². The molecule has 0 saturated carbocycles. The Morgan fingerprint density at radius 2 is 1.79 bits per heavy atom. The lowest BCUT2D eigenvalue weighted by atomic mass is 10.1. The topological polar surface area (TPSA) is 45.8 Å². The number of hydrogen-bond donors (Lipinski definition) is 1. The number of H-pyrrole nitrogens is 1. The first kappa shape index (κ1) is 14.8. The average Bonchev–Trinajstić information content (AvgIpc) is 3.21. The van der Waals surface area contributed by atoms with Gasteiger partial charge in [0.2, 0.25) is 0 Å². The van der Waals surface area contributed by atoms with Crippen LogP contribution < -0.4 is 0 Å². The summed E-state index contributed by atoms with van der Waals surface area (Å²) in [5, 5.41) is 0. The first-order valence-corrected chi connectivity index (χ1v) is 8.60. The number of imidazole rings is 1. The molecule has 4 aromatic rings. The van der Waals surface area contributed by atoms with Crippen LogP contribution >= 0.6 is 11.3 Å². The van der Waals surface area contributed by atoms with E-state index in [2.05, 4.69) is 34.2 Å². The number of Topliss-reactive ketones (excluding diaryl/α,β-unsaturated/α-hetero) is 1. The third kappa shape index (κ3) is 2.55. The quantitative estimate of drug-likeness (QED) is 0.506. The van der Waals surface area contributed by atoms with Gasteiger partial charge in [-0.3, -0.25) is 4.79 Å². The molecular formula is C20H16N2OS. The highest BCUT2D eigenvalue weighted by molar-refractivity contribution is 7.18. The third-order valence-electron chi connectivity index (χ3n) is 4.01. The van der Waals surface area contributed by atoms with Crippen molar-refractivity contribution >= 4 is 28.2 Å². The van der Waals surface area contributed by atoms with Gasteiger partial charge in [0.25, 0.3) is 0 Å². The number of fused-ring (bicyclic) bond motifs is 1. The maximum atomic E-state index is 11.9. The smallest absolute Gasteiger partial charge is 0.162 e. The van der Waals surface area contributed by atoms with Crippen molar-refractivity contribution in [3.8, 4) is 21.1 Å². The van der Waals surface area contributed by atoms with Crippen LogP contribution in [0.5, 0.6) is 0 Å². The summed E-state index contributed by atoms with van der Waals surface area (Å²) >= 11 is 1.69. The molecule has 118 valence electrons. The molecule has 3 nitrogen and oxygen atoms in total. The number of nitrogens with zero attached hydrogens (tertiary/aromatic N) is 1. The predicted molar refractivity (Wildman–Crippen MR) is 99.6 cm³/mol. The van der Waals surface area contributed by atoms with Gasteiger partial charge in [0.1, 0.15) is 5.82 Å². The van der Waals surface area contributed by atoms with Gasteiger partial charge in [-0.05, 0) is 49.2 Å². The average molecular weight is 332 g/mol. The van der Waals surface area contributed by atoms with Crippen LogP contribution in [0.1, 0.15) is 22.8 Å². The van der Waals surface area contributed by atoms with E-state index in [0.29, 0.717) is 5.56 Å². The van der Waals surface area contributed by atoms with Crippen molar-refractivity contribution < 1.29 is 4.79 Å². The number of hydrogen-bond acceptors (Lipinski definition) is 3. The molecule has 0 unspecified atom stereocenters. The van der Waals surface area contributed by atoms with Crippen molar-refractivity contribution in [2.24, 2.45) is 0 Å². The fraction of sp³-hybridized carbons (Fsp3) is 0.100. The molecule has 0 aliphatic heterocycles. The van der Waals surface area contributed by atoms with E-state index < -0.39 is 0 Å². The molecule has 0 bridgehead atoms. The van der Waals surface area contributed by atoms with Crippen molar-refractivity contribution in [2.75, 3.05) is 0 Å². The Bertz CT molecular complexity index is 1040. The predicted octanol–water partition coefficient (Wildman–Crippen LogP) is 5.47. The monoisotopic (exact) mass is 332 g/mol. The molecule has 4 rings (SSSR count). The van der Waals surface area contributed by atoms with Gasteiger partial charge < -0.3 is 4.98 Å². The lowest BCUT2D eigenvalue weighted by Crippen LogP contribution is -1.94. The van der Waals surface area contributed by atoms with Gasteiger partial charge in [0.15, 0.2) is 5.78 Å². The zero-order valence-electron chi connectivity index (χ0n) is 13.5. The molecule has 0 fully saturated rings. The third-order valence-corrected chi connectivity index (χ3v) is 5.15. The number of aryl methyl sites for hydroxylation is 1. The van der Waals surface area contributed by atoms with Crippen LogP contribution in [0.15, 0.2) is 54.6 Å². The molecule has 0 aliphatic carbocycles. The Kier molecular flexibility index (Phi) is 3.54. The van der Waals surface area contributed by atoms with E-state index in [4.69, 9.17) is 0 Å². The highest BCUT2D eigenvalue weighted by Gasteiger charge is 2.14. The number of aromatic nitrogens is 2. The second-order valence-electron chi connectivity index (χ2n) is 5.88. The molecule has 2 aromatic heterocycles. The van der Waals surface area contributed by atoms with E-state index in [9.17, 15) is 4.79 Å². The minimum absolute atomic E-state index is 0.0397. The zero-order chi connectivity index (χ0) is 16.7. The number of rotatable bonds is 3. The van der Waals surface area contributed by atoms with Crippen LogP contribution in [-0.2, 0) is 0 Å². The number of thiophene rings is 1. The highest BCUT2D eigenvalue weighted by Crippen LogP contribution is 2.34.